The fraction of sp³-hybridized carbons (Fsp3) is 0.310. The van der Waals surface area contributed by atoms with Crippen LogP contribution >= 0.6 is 0 Å². The number of rotatable bonds is 3. The molecule has 1 saturated heterocycles. The average Bonchev–Trinajstić information content (AvgIpc) is 2.85. The van der Waals surface area contributed by atoms with E-state index in [9.17, 15) is 10.2 Å². The molecule has 2 atom stereocenters. The third-order valence-corrected chi connectivity index (χ3v) is 7.51. The molecule has 33 heavy (non-hydrogen) atoms. The van der Waals surface area contributed by atoms with E-state index < -0.39 is 12.2 Å². The average molecular weight is 440 g/mol. The van der Waals surface area contributed by atoms with Crippen molar-refractivity contribution in [1.29, 1.82) is 0 Å². The van der Waals surface area contributed by atoms with Gasteiger partial charge in [0.2, 0.25) is 0 Å². The number of hydrogen-bond acceptors (Lipinski definition) is 4. The van der Waals surface area contributed by atoms with Crippen molar-refractivity contribution >= 4 is 21.5 Å². The summed E-state index contributed by atoms with van der Waals surface area (Å²) in [6, 6.07) is 26.7. The van der Waals surface area contributed by atoms with Gasteiger partial charge in [0.05, 0.1) is 12.2 Å². The van der Waals surface area contributed by atoms with E-state index in [1.807, 2.05) is 36.4 Å². The van der Waals surface area contributed by atoms with Gasteiger partial charge in [0.15, 0.2) is 0 Å². The number of hydrogen-bond donors (Lipinski definition) is 2. The smallest absolute Gasteiger partial charge is 0.133 e. The van der Waals surface area contributed by atoms with Crippen LogP contribution in [-0.2, 0) is 0 Å². The minimum Gasteiger partial charge on any atom is -0.486 e. The summed E-state index contributed by atoms with van der Waals surface area (Å²) in [4.78, 5) is 2.32. The van der Waals surface area contributed by atoms with Gasteiger partial charge < -0.3 is 19.8 Å². The minimum absolute atomic E-state index is 0.346. The van der Waals surface area contributed by atoms with Gasteiger partial charge in [0.25, 0.3) is 0 Å². The molecule has 2 heterocycles. The monoisotopic (exact) mass is 439 g/mol. The topological polar surface area (TPSA) is 52.9 Å². The van der Waals surface area contributed by atoms with E-state index in [0.717, 1.165) is 59.0 Å². The SMILES string of the molecule is O[C@@H](CN1CCC2(CC1)C[C@H](O)c1ccc3ccccc3c1O2)c1ccc2ccccc2c1. The van der Waals surface area contributed by atoms with Crippen molar-refractivity contribution in [3.05, 3.63) is 90.0 Å². The van der Waals surface area contributed by atoms with Crippen LogP contribution in [0.2, 0.25) is 0 Å². The normalized spacial score (nSPS) is 21.1. The molecule has 4 heteroatoms. The summed E-state index contributed by atoms with van der Waals surface area (Å²) in [5.41, 5.74) is 1.51. The highest BCUT2D eigenvalue weighted by Gasteiger charge is 2.43. The highest BCUT2D eigenvalue weighted by molar-refractivity contribution is 5.90. The van der Waals surface area contributed by atoms with E-state index in [0.29, 0.717) is 13.0 Å². The van der Waals surface area contributed by atoms with E-state index in [2.05, 4.69) is 47.4 Å². The van der Waals surface area contributed by atoms with Crippen molar-refractivity contribution in [2.75, 3.05) is 19.6 Å². The lowest BCUT2D eigenvalue weighted by atomic mass is 9.81. The molecule has 0 aromatic heterocycles. The second-order valence-corrected chi connectivity index (χ2v) is 9.63. The molecule has 6 rings (SSSR count). The van der Waals surface area contributed by atoms with Gasteiger partial charge in [-0.2, -0.15) is 0 Å². The molecule has 4 nitrogen and oxygen atoms in total. The number of aliphatic hydroxyl groups is 2. The maximum atomic E-state index is 11.0. The predicted octanol–water partition coefficient (Wildman–Crippen LogP) is 5.38. The first-order chi connectivity index (χ1) is 16.1. The number of nitrogens with zero attached hydrogens (tertiary/aromatic N) is 1. The first kappa shape index (κ1) is 20.7. The van der Waals surface area contributed by atoms with Gasteiger partial charge >= 0.3 is 0 Å². The molecule has 0 bridgehead atoms. The molecule has 4 aromatic rings. The van der Waals surface area contributed by atoms with E-state index in [1.165, 1.54) is 5.39 Å². The summed E-state index contributed by atoms with van der Waals surface area (Å²) in [5, 5.41) is 26.4. The fourth-order valence-corrected chi connectivity index (χ4v) is 5.57. The third-order valence-electron chi connectivity index (χ3n) is 7.51. The van der Waals surface area contributed by atoms with Crippen molar-refractivity contribution in [2.45, 2.75) is 37.1 Å². The Morgan fingerprint density at radius 2 is 1.58 bits per heavy atom. The second-order valence-electron chi connectivity index (χ2n) is 9.63. The highest BCUT2D eigenvalue weighted by atomic mass is 16.5. The van der Waals surface area contributed by atoms with Gasteiger partial charge in [-0.3, -0.25) is 0 Å². The van der Waals surface area contributed by atoms with Gasteiger partial charge in [-0.1, -0.05) is 72.8 Å². The van der Waals surface area contributed by atoms with E-state index in [-0.39, 0.29) is 5.60 Å². The molecule has 2 N–H and O–H groups in total. The molecule has 1 spiro atoms. The van der Waals surface area contributed by atoms with Gasteiger partial charge in [0.1, 0.15) is 11.4 Å². The van der Waals surface area contributed by atoms with Crippen molar-refractivity contribution < 1.29 is 14.9 Å². The number of likely N-dealkylation sites (tertiary alicyclic amines) is 1. The Labute approximate surface area is 194 Å². The molecule has 168 valence electrons. The summed E-state index contributed by atoms with van der Waals surface area (Å²) in [6.45, 7) is 2.30. The molecule has 0 unspecified atom stereocenters. The molecular weight excluding hydrogens is 410 g/mol. The molecule has 2 aliphatic heterocycles. The van der Waals surface area contributed by atoms with Crippen molar-refractivity contribution in [3.8, 4) is 5.75 Å². The first-order valence-electron chi connectivity index (χ1n) is 11.9. The fourth-order valence-electron chi connectivity index (χ4n) is 5.57. The van der Waals surface area contributed by atoms with Crippen LogP contribution in [-0.4, -0.2) is 40.3 Å². The van der Waals surface area contributed by atoms with Gasteiger partial charge in [-0.15, -0.1) is 0 Å². The molecule has 2 aliphatic rings. The Bertz CT molecular complexity index is 1310. The number of benzene rings is 4. The number of piperidine rings is 1. The largest absolute Gasteiger partial charge is 0.486 e. The summed E-state index contributed by atoms with van der Waals surface area (Å²) in [5.74, 6) is 0.844. The molecule has 0 radical (unpaired) electrons. The lowest BCUT2D eigenvalue weighted by Gasteiger charge is -2.46. The van der Waals surface area contributed by atoms with Crippen LogP contribution in [0.1, 0.15) is 42.6 Å². The van der Waals surface area contributed by atoms with Gasteiger partial charge in [0, 0.05) is 37.0 Å². The van der Waals surface area contributed by atoms with Crippen LogP contribution in [0.25, 0.3) is 21.5 Å². The number of aliphatic hydroxyl groups excluding tert-OH is 2. The zero-order valence-electron chi connectivity index (χ0n) is 18.7. The van der Waals surface area contributed by atoms with Crippen LogP contribution in [0.3, 0.4) is 0 Å². The van der Waals surface area contributed by atoms with Crippen LogP contribution in [0.15, 0.2) is 78.9 Å². The zero-order valence-corrected chi connectivity index (χ0v) is 18.7. The van der Waals surface area contributed by atoms with E-state index in [4.69, 9.17) is 4.74 Å². The maximum absolute atomic E-state index is 11.0. The first-order valence-corrected chi connectivity index (χ1v) is 11.9. The molecule has 4 aromatic carbocycles. The molecule has 1 fully saturated rings. The highest BCUT2D eigenvalue weighted by Crippen LogP contribution is 2.47. The second kappa shape index (κ2) is 8.14. The van der Waals surface area contributed by atoms with Gasteiger partial charge in [-0.05, 0) is 40.6 Å². The van der Waals surface area contributed by atoms with E-state index >= 15 is 0 Å². The molecular formula is C29H29NO3. The maximum Gasteiger partial charge on any atom is 0.133 e. The third kappa shape index (κ3) is 3.78. The standard InChI is InChI=1S/C29H29NO3/c31-26-18-29(33-28-24-8-4-3-6-21(24)11-12-25(26)28)13-15-30(16-14-29)19-27(32)23-10-9-20-5-1-2-7-22(20)17-23/h1-12,17,26-27,31-32H,13-16,18-19H2/t26-,27-/m0/s1. The van der Waals surface area contributed by atoms with E-state index in [1.54, 1.807) is 0 Å². The number of β-amino-alcohol motifs (C(OH)–C–C–N with tert-alkyl or cyclic N) is 1. The lowest BCUT2D eigenvalue weighted by molar-refractivity contribution is -0.0577. The van der Waals surface area contributed by atoms with Gasteiger partial charge in [-0.25, -0.2) is 0 Å². The van der Waals surface area contributed by atoms with Crippen molar-refractivity contribution in [2.24, 2.45) is 0 Å². The van der Waals surface area contributed by atoms with Crippen LogP contribution < -0.4 is 4.74 Å². The lowest BCUT2D eigenvalue weighted by Crippen LogP contribution is -2.51. The Kier molecular flexibility index (Phi) is 5.10. The number of fused-ring (bicyclic) bond motifs is 4. The Morgan fingerprint density at radius 1 is 0.879 bits per heavy atom. The quantitative estimate of drug-likeness (QED) is 0.450. The Balaban J connectivity index is 1.17. The predicted molar refractivity (Wildman–Crippen MR) is 131 cm³/mol. The minimum atomic E-state index is -0.522. The van der Waals surface area contributed by atoms with Crippen molar-refractivity contribution in [1.82, 2.24) is 4.90 Å². The summed E-state index contributed by atoms with van der Waals surface area (Å²) >= 11 is 0. The molecule has 0 saturated carbocycles. The number of ether oxygens (including phenoxy) is 1. The zero-order chi connectivity index (χ0) is 22.4. The Hall–Kier alpha value is -2.92. The van der Waals surface area contributed by atoms with Crippen LogP contribution in [0.5, 0.6) is 5.75 Å². The summed E-state index contributed by atoms with van der Waals surface area (Å²) < 4.78 is 6.68. The summed E-state index contributed by atoms with van der Waals surface area (Å²) in [7, 11) is 0. The summed E-state index contributed by atoms with van der Waals surface area (Å²) in [6.07, 6.45) is 1.28. The molecule has 0 amide bonds. The van der Waals surface area contributed by atoms with Crippen LogP contribution in [0, 0.1) is 0 Å². The van der Waals surface area contributed by atoms with Crippen LogP contribution in [0.4, 0.5) is 0 Å². The molecule has 0 aliphatic carbocycles. The van der Waals surface area contributed by atoms with Crippen molar-refractivity contribution in [3.63, 3.8) is 0 Å². The Morgan fingerprint density at radius 3 is 2.39 bits per heavy atom.